The molecule has 1 unspecified atom stereocenters. The Bertz CT molecular complexity index is 455. The number of fused-ring (bicyclic) bond motifs is 1. The molecule has 0 aliphatic heterocycles. The van der Waals surface area contributed by atoms with Gasteiger partial charge >= 0.3 is 21.7 Å². The minimum atomic E-state index is -0.738. The first kappa shape index (κ1) is 22.6. The standard InChI is InChI=1S/C15H23NSi.2ClH.Ti/c1-15(2,3)16-13-10-11-8-6-7-9-12(11)14(13)17(4)5;;;/h6-10,14,16-17H,1-5H3;2*1H;/q;;;+2/p-2. The van der Waals surface area contributed by atoms with Gasteiger partial charge in [-0.2, -0.15) is 0 Å². The summed E-state index contributed by atoms with van der Waals surface area (Å²) in [5, 5.41) is 3.69. The fraction of sp³-hybridized carbons (Fsp3) is 0.467. The molecule has 0 spiro atoms. The van der Waals surface area contributed by atoms with E-state index in [1.165, 1.54) is 16.8 Å². The molecular formula is C15H23Cl2NSiTi. The van der Waals surface area contributed by atoms with Crippen molar-refractivity contribution in [1.82, 2.24) is 5.32 Å². The predicted molar refractivity (Wildman–Crippen MR) is 78.9 cm³/mol. The van der Waals surface area contributed by atoms with Gasteiger partial charge < -0.3 is 30.1 Å². The van der Waals surface area contributed by atoms with Crippen molar-refractivity contribution in [3.8, 4) is 0 Å². The van der Waals surface area contributed by atoms with Crippen LogP contribution >= 0.6 is 0 Å². The monoisotopic (exact) mass is 363 g/mol. The van der Waals surface area contributed by atoms with Crippen LogP contribution in [-0.4, -0.2) is 14.3 Å². The second-order valence-corrected chi connectivity index (χ2v) is 9.48. The average molecular weight is 364 g/mol. The maximum atomic E-state index is 3.69. The number of halogens is 2. The molecule has 0 radical (unpaired) electrons. The SMILES string of the molecule is C[SiH](C)C1C(NC(C)(C)C)=Cc2ccccc21.[Cl-].[Cl-].[Ti+2]. The fourth-order valence-corrected chi connectivity index (χ4v) is 4.54. The predicted octanol–water partition coefficient (Wildman–Crippen LogP) is -2.46. The van der Waals surface area contributed by atoms with Crippen molar-refractivity contribution in [1.29, 1.82) is 0 Å². The summed E-state index contributed by atoms with van der Waals surface area (Å²) in [7, 11) is -0.738. The zero-order chi connectivity index (χ0) is 12.6. The van der Waals surface area contributed by atoms with E-state index in [9.17, 15) is 0 Å². The van der Waals surface area contributed by atoms with Gasteiger partial charge in [0, 0.05) is 25.6 Å². The summed E-state index contributed by atoms with van der Waals surface area (Å²) in [6.45, 7) is 11.6. The van der Waals surface area contributed by atoms with E-state index < -0.39 is 8.80 Å². The third kappa shape index (κ3) is 5.23. The molecule has 110 valence electrons. The van der Waals surface area contributed by atoms with E-state index in [0.29, 0.717) is 5.54 Å². The topological polar surface area (TPSA) is 12.0 Å². The maximum absolute atomic E-state index is 3.69. The van der Waals surface area contributed by atoms with Crippen molar-refractivity contribution < 1.29 is 46.5 Å². The van der Waals surface area contributed by atoms with E-state index in [2.05, 4.69) is 69.5 Å². The number of rotatable bonds is 2. The van der Waals surface area contributed by atoms with Crippen LogP contribution in [-0.2, 0) is 21.7 Å². The van der Waals surface area contributed by atoms with Gasteiger partial charge in [-0.25, -0.2) is 0 Å². The van der Waals surface area contributed by atoms with Crippen LogP contribution in [0, 0.1) is 0 Å². The Kier molecular flexibility index (Phi) is 9.75. The summed E-state index contributed by atoms with van der Waals surface area (Å²) < 4.78 is 0. The Balaban J connectivity index is 0. The summed E-state index contributed by atoms with van der Waals surface area (Å²) in [6.07, 6.45) is 2.35. The van der Waals surface area contributed by atoms with Crippen LogP contribution in [0.5, 0.6) is 0 Å². The minimum Gasteiger partial charge on any atom is -1.00 e. The smallest absolute Gasteiger partial charge is 1.00 e. The van der Waals surface area contributed by atoms with Gasteiger partial charge in [-0.15, -0.1) is 0 Å². The Morgan fingerprint density at radius 2 is 1.60 bits per heavy atom. The zero-order valence-electron chi connectivity index (χ0n) is 12.8. The van der Waals surface area contributed by atoms with E-state index >= 15 is 0 Å². The molecule has 2 rings (SSSR count). The number of hydrogen-bond acceptors (Lipinski definition) is 1. The van der Waals surface area contributed by atoms with Crippen LogP contribution in [0.25, 0.3) is 6.08 Å². The molecule has 5 heteroatoms. The molecule has 1 aromatic rings. The Hall–Kier alpha value is 0.271. The molecule has 0 amide bonds. The summed E-state index contributed by atoms with van der Waals surface area (Å²) in [5.41, 5.74) is 5.17. The summed E-state index contributed by atoms with van der Waals surface area (Å²) in [4.78, 5) is 0. The number of nitrogens with one attached hydrogen (secondary N) is 1. The van der Waals surface area contributed by atoms with Gasteiger partial charge in [-0.05, 0) is 38.0 Å². The van der Waals surface area contributed by atoms with Crippen LogP contribution in [0.4, 0.5) is 0 Å². The molecule has 1 nitrogen and oxygen atoms in total. The van der Waals surface area contributed by atoms with Gasteiger partial charge in [0.15, 0.2) is 0 Å². The number of hydrogen-bond donors (Lipinski definition) is 1. The number of allylic oxidation sites excluding steroid dienone is 1. The van der Waals surface area contributed by atoms with Gasteiger partial charge in [0.2, 0.25) is 0 Å². The molecule has 1 N–H and O–H groups in total. The normalized spacial score (nSPS) is 16.3. The van der Waals surface area contributed by atoms with Crippen molar-refractivity contribution in [3.63, 3.8) is 0 Å². The van der Waals surface area contributed by atoms with Crippen molar-refractivity contribution in [2.45, 2.75) is 44.9 Å². The minimum absolute atomic E-state index is 0. The van der Waals surface area contributed by atoms with E-state index in [-0.39, 0.29) is 52.1 Å². The first-order valence-corrected chi connectivity index (χ1v) is 9.45. The molecule has 0 fully saturated rings. The summed E-state index contributed by atoms with van der Waals surface area (Å²) >= 11 is 0. The van der Waals surface area contributed by atoms with Gasteiger partial charge in [0.05, 0.1) is 0 Å². The van der Waals surface area contributed by atoms with E-state index in [1.807, 2.05) is 0 Å². The molecule has 0 aromatic heterocycles. The van der Waals surface area contributed by atoms with Crippen LogP contribution in [0.1, 0.15) is 37.4 Å². The van der Waals surface area contributed by atoms with E-state index in [4.69, 9.17) is 0 Å². The second kappa shape index (κ2) is 8.65. The Morgan fingerprint density at radius 1 is 1.05 bits per heavy atom. The first-order chi connectivity index (χ1) is 7.88. The molecule has 0 heterocycles. The molecule has 0 saturated heterocycles. The van der Waals surface area contributed by atoms with E-state index in [1.54, 1.807) is 0 Å². The van der Waals surface area contributed by atoms with Gasteiger partial charge in [0.25, 0.3) is 0 Å². The van der Waals surface area contributed by atoms with Crippen LogP contribution in [0.15, 0.2) is 30.0 Å². The van der Waals surface area contributed by atoms with Crippen molar-refractivity contribution >= 4 is 14.9 Å². The quantitative estimate of drug-likeness (QED) is 0.575. The van der Waals surface area contributed by atoms with Gasteiger partial charge in [0.1, 0.15) is 0 Å². The van der Waals surface area contributed by atoms with Gasteiger partial charge in [-0.1, -0.05) is 37.4 Å². The zero-order valence-corrected chi connectivity index (χ0v) is 17.0. The summed E-state index contributed by atoms with van der Waals surface area (Å²) in [6, 6.07) is 8.82. The second-order valence-electron chi connectivity index (χ2n) is 6.33. The van der Waals surface area contributed by atoms with E-state index in [0.717, 1.165) is 0 Å². The molecule has 1 aromatic carbocycles. The molecule has 1 aliphatic carbocycles. The largest absolute Gasteiger partial charge is 2.00 e. The third-order valence-corrected chi connectivity index (χ3v) is 5.21. The molecule has 20 heavy (non-hydrogen) atoms. The summed E-state index contributed by atoms with van der Waals surface area (Å²) in [5.74, 6) is 0. The fourth-order valence-electron chi connectivity index (χ4n) is 2.62. The van der Waals surface area contributed by atoms with Crippen LogP contribution in [0.3, 0.4) is 0 Å². The molecule has 0 saturated carbocycles. The third-order valence-electron chi connectivity index (χ3n) is 3.16. The molecule has 0 bridgehead atoms. The molecule has 1 aliphatic rings. The van der Waals surface area contributed by atoms with Crippen molar-refractivity contribution in [3.05, 3.63) is 41.1 Å². The number of benzene rings is 1. The molecular weight excluding hydrogens is 341 g/mol. The van der Waals surface area contributed by atoms with Crippen LogP contribution in [0.2, 0.25) is 13.1 Å². The molecule has 1 atom stereocenters. The average Bonchev–Trinajstić information content (AvgIpc) is 2.51. The maximum Gasteiger partial charge on any atom is 2.00 e. The Morgan fingerprint density at radius 3 is 2.10 bits per heavy atom. The van der Waals surface area contributed by atoms with Crippen molar-refractivity contribution in [2.75, 3.05) is 0 Å². The Labute approximate surface area is 152 Å². The van der Waals surface area contributed by atoms with Gasteiger partial charge in [-0.3, -0.25) is 0 Å². The van der Waals surface area contributed by atoms with Crippen LogP contribution < -0.4 is 30.1 Å². The first-order valence-electron chi connectivity index (χ1n) is 6.47. The van der Waals surface area contributed by atoms with Crippen molar-refractivity contribution in [2.24, 2.45) is 0 Å².